The molecule has 0 aromatic heterocycles. The maximum absolute atomic E-state index is 2.30. The van der Waals surface area contributed by atoms with Gasteiger partial charge in [-0.1, -0.05) is 49.0 Å². The maximum atomic E-state index is 2.30. The van der Waals surface area contributed by atoms with E-state index in [9.17, 15) is 0 Å². The van der Waals surface area contributed by atoms with Gasteiger partial charge in [-0.3, -0.25) is 0 Å². The Bertz CT molecular complexity index is 179. The van der Waals surface area contributed by atoms with Gasteiger partial charge in [-0.05, 0) is 0 Å². The van der Waals surface area contributed by atoms with E-state index in [4.69, 9.17) is 0 Å². The average Bonchev–Trinajstić information content (AvgIpc) is 1.88. The van der Waals surface area contributed by atoms with E-state index in [1.165, 1.54) is 0 Å². The number of benzene rings is 1. The minimum absolute atomic E-state index is 0.0234. The van der Waals surface area contributed by atoms with Gasteiger partial charge in [-0.15, -0.1) is 4.43 Å². The van der Waals surface area contributed by atoms with Crippen LogP contribution in [0, 0.1) is 0 Å². The lowest BCUT2D eigenvalue weighted by atomic mass is 10.4. The normalized spacial score (nSPS) is 9.90. The van der Waals surface area contributed by atoms with Crippen molar-refractivity contribution < 1.29 is 0 Å². The zero-order valence-corrected chi connectivity index (χ0v) is 8.09. The Morgan fingerprint density at radius 2 is 1.70 bits per heavy atom. The fourth-order valence-corrected chi connectivity index (χ4v) is 2.57. The molecule has 0 bridgehead atoms. The Balaban J connectivity index is 2.59. The van der Waals surface area contributed by atoms with Crippen LogP contribution in [-0.4, -0.2) is 15.2 Å². The van der Waals surface area contributed by atoms with Crippen LogP contribution in [0.5, 0.6) is 0 Å². The SMILES string of the molecule is C[CH](C)[AlH][c]1ccccc1. The summed E-state index contributed by atoms with van der Waals surface area (Å²) in [6, 6.07) is 10.8. The highest BCUT2D eigenvalue weighted by Gasteiger charge is 1.99. The molecule has 0 amide bonds. The van der Waals surface area contributed by atoms with Crippen molar-refractivity contribution in [3.05, 3.63) is 30.3 Å². The molecule has 0 fully saturated rings. The molecule has 0 aliphatic rings. The van der Waals surface area contributed by atoms with Gasteiger partial charge in [0, 0.05) is 0 Å². The van der Waals surface area contributed by atoms with Crippen LogP contribution in [-0.2, 0) is 0 Å². The van der Waals surface area contributed by atoms with Crippen LogP contribution in [0.1, 0.15) is 13.8 Å². The van der Waals surface area contributed by atoms with Gasteiger partial charge in [0.25, 0.3) is 15.2 Å². The molecule has 0 atom stereocenters. The molecule has 1 aromatic rings. The fourth-order valence-electron chi connectivity index (χ4n) is 1.09. The van der Waals surface area contributed by atoms with Crippen LogP contribution in [0.2, 0.25) is 4.78 Å². The van der Waals surface area contributed by atoms with E-state index in [0.717, 1.165) is 4.78 Å². The van der Waals surface area contributed by atoms with Gasteiger partial charge in [0.1, 0.15) is 0 Å². The highest BCUT2D eigenvalue weighted by atomic mass is 27.1. The summed E-state index contributed by atoms with van der Waals surface area (Å²) in [5, 5.41) is 0. The molecule has 0 heterocycles. The molecule has 0 spiro atoms. The van der Waals surface area contributed by atoms with E-state index < -0.39 is 0 Å². The topological polar surface area (TPSA) is 0 Å². The lowest BCUT2D eigenvalue weighted by Crippen LogP contribution is -2.15. The first-order valence-electron chi connectivity index (χ1n) is 3.83. The summed E-state index contributed by atoms with van der Waals surface area (Å²) in [5.41, 5.74) is 0. The largest absolute Gasteiger partial charge is 0.285 e. The average molecular weight is 148 g/mol. The minimum atomic E-state index is 0.0234. The van der Waals surface area contributed by atoms with Gasteiger partial charge in [0.2, 0.25) is 0 Å². The molecule has 0 aliphatic carbocycles. The van der Waals surface area contributed by atoms with Crippen LogP contribution in [0.15, 0.2) is 30.3 Å². The number of hydrogen-bond acceptors (Lipinski definition) is 0. The van der Waals surface area contributed by atoms with Crippen molar-refractivity contribution in [2.45, 2.75) is 18.6 Å². The second-order valence-corrected chi connectivity index (χ2v) is 5.94. The zero-order chi connectivity index (χ0) is 7.40. The molecule has 52 valence electrons. The first-order valence-corrected chi connectivity index (χ1v) is 5.35. The van der Waals surface area contributed by atoms with E-state index in [1.54, 1.807) is 4.43 Å². The molecule has 0 unspecified atom stereocenters. The van der Waals surface area contributed by atoms with Gasteiger partial charge >= 0.3 is 0 Å². The monoisotopic (exact) mass is 148 g/mol. The Labute approximate surface area is 69.0 Å². The van der Waals surface area contributed by atoms with Crippen LogP contribution in [0.3, 0.4) is 0 Å². The maximum Gasteiger partial charge on any atom is 0.285 e. The predicted octanol–water partition coefficient (Wildman–Crippen LogP) is 1.58. The van der Waals surface area contributed by atoms with Gasteiger partial charge in [0.05, 0.1) is 0 Å². The summed E-state index contributed by atoms with van der Waals surface area (Å²) in [4.78, 5) is 0. The van der Waals surface area contributed by atoms with Crippen molar-refractivity contribution in [3.8, 4) is 0 Å². The Morgan fingerprint density at radius 1 is 1.10 bits per heavy atom. The van der Waals surface area contributed by atoms with Gasteiger partial charge < -0.3 is 0 Å². The highest BCUT2D eigenvalue weighted by molar-refractivity contribution is 6.54. The number of hydrogen-bond donors (Lipinski definition) is 0. The third-order valence-electron chi connectivity index (χ3n) is 1.49. The molecule has 0 saturated carbocycles. The van der Waals surface area contributed by atoms with E-state index in [1.807, 2.05) is 0 Å². The standard InChI is InChI=1S/C6H5.C3H7.Al.H/c1-2-4-6-5-3-1;1-3-2;;/h1-5H;3H,1-2H3;;. The quantitative estimate of drug-likeness (QED) is 0.558. The Hall–Kier alpha value is -0.248. The second-order valence-electron chi connectivity index (χ2n) is 3.08. The Morgan fingerprint density at radius 3 is 2.20 bits per heavy atom. The first kappa shape index (κ1) is 7.86. The summed E-state index contributed by atoms with van der Waals surface area (Å²) in [6.07, 6.45) is 0. The smallest absolute Gasteiger partial charge is 0.115 e. The van der Waals surface area contributed by atoms with Crippen LogP contribution >= 0.6 is 0 Å². The van der Waals surface area contributed by atoms with Crippen molar-refractivity contribution in [2.24, 2.45) is 0 Å². The Kier molecular flexibility index (Phi) is 2.99. The molecule has 10 heavy (non-hydrogen) atoms. The van der Waals surface area contributed by atoms with Gasteiger partial charge in [-0.2, -0.15) is 0 Å². The molecule has 0 radical (unpaired) electrons. The molecule has 1 heteroatoms. The molecule has 0 aliphatic heterocycles. The van der Waals surface area contributed by atoms with Gasteiger partial charge in [0.15, 0.2) is 0 Å². The summed E-state index contributed by atoms with van der Waals surface area (Å²) in [7, 11) is 0. The summed E-state index contributed by atoms with van der Waals surface area (Å²) >= 11 is 0.0234. The summed E-state index contributed by atoms with van der Waals surface area (Å²) in [6.45, 7) is 4.61. The third-order valence-corrected chi connectivity index (χ3v) is 3.25. The van der Waals surface area contributed by atoms with Crippen molar-refractivity contribution in [2.75, 3.05) is 0 Å². The number of rotatable bonds is 2. The predicted molar refractivity (Wildman–Crippen MR) is 48.3 cm³/mol. The van der Waals surface area contributed by atoms with Crippen molar-refractivity contribution in [3.63, 3.8) is 0 Å². The van der Waals surface area contributed by atoms with Crippen molar-refractivity contribution in [1.29, 1.82) is 0 Å². The minimum Gasteiger partial charge on any atom is -0.115 e. The second kappa shape index (κ2) is 3.81. The highest BCUT2D eigenvalue weighted by Crippen LogP contribution is 1.96. The lowest BCUT2D eigenvalue weighted by Gasteiger charge is -1.99. The van der Waals surface area contributed by atoms with Crippen LogP contribution < -0.4 is 4.43 Å². The van der Waals surface area contributed by atoms with E-state index in [0.29, 0.717) is 0 Å². The molecule has 1 aromatic carbocycles. The third kappa shape index (κ3) is 2.56. The molecule has 0 nitrogen and oxygen atoms in total. The first-order chi connectivity index (χ1) is 4.79. The zero-order valence-electron chi connectivity index (χ0n) is 6.67. The van der Waals surface area contributed by atoms with Crippen molar-refractivity contribution in [1.82, 2.24) is 0 Å². The summed E-state index contributed by atoms with van der Waals surface area (Å²) < 4.78 is 2.49. The molecule has 0 N–H and O–H groups in total. The van der Waals surface area contributed by atoms with E-state index in [-0.39, 0.29) is 15.2 Å². The molecule has 0 saturated heterocycles. The van der Waals surface area contributed by atoms with Crippen molar-refractivity contribution >= 4 is 19.6 Å². The fraction of sp³-hybridized carbons (Fsp3) is 0.333. The molecular weight excluding hydrogens is 135 g/mol. The summed E-state index contributed by atoms with van der Waals surface area (Å²) in [5.74, 6) is 0. The van der Waals surface area contributed by atoms with Crippen LogP contribution in [0.4, 0.5) is 0 Å². The van der Waals surface area contributed by atoms with Gasteiger partial charge in [-0.25, -0.2) is 0 Å². The van der Waals surface area contributed by atoms with Crippen LogP contribution in [0.25, 0.3) is 0 Å². The molecular formula is C9H13Al. The van der Waals surface area contributed by atoms with E-state index >= 15 is 0 Å². The lowest BCUT2D eigenvalue weighted by molar-refractivity contribution is 1.07. The van der Waals surface area contributed by atoms with E-state index in [2.05, 4.69) is 44.2 Å². The molecule has 1 rings (SSSR count).